The summed E-state index contributed by atoms with van der Waals surface area (Å²) in [7, 11) is 0. The fourth-order valence-corrected chi connectivity index (χ4v) is 4.16. The highest BCUT2D eigenvalue weighted by Crippen LogP contribution is 2.13. The van der Waals surface area contributed by atoms with Crippen molar-refractivity contribution in [2.45, 2.75) is 77.5 Å². The molecule has 208 valence electrons. The van der Waals surface area contributed by atoms with Crippen molar-refractivity contribution in [3.8, 4) is 5.75 Å². The van der Waals surface area contributed by atoms with Gasteiger partial charge in [0.05, 0.1) is 6.04 Å². The number of hydrogen-bond acceptors (Lipinski definition) is 7. The van der Waals surface area contributed by atoms with Gasteiger partial charge >= 0.3 is 5.97 Å². The molecular formula is C26H42N4O6S. The number of carboxylic acid groups (broad SMARTS) is 1. The molecule has 0 bridgehead atoms. The van der Waals surface area contributed by atoms with Crippen LogP contribution in [0.25, 0.3) is 0 Å². The first-order chi connectivity index (χ1) is 17.4. The minimum atomic E-state index is -1.14. The Morgan fingerprint density at radius 3 is 2.03 bits per heavy atom. The van der Waals surface area contributed by atoms with Crippen molar-refractivity contribution in [3.05, 3.63) is 29.8 Å². The summed E-state index contributed by atoms with van der Waals surface area (Å²) in [6.45, 7) is 7.44. The molecule has 0 aliphatic heterocycles. The van der Waals surface area contributed by atoms with Crippen LogP contribution in [0.15, 0.2) is 24.3 Å². The molecule has 5 unspecified atom stereocenters. The van der Waals surface area contributed by atoms with Crippen LogP contribution in [0.5, 0.6) is 5.75 Å². The number of carbonyl (C=O) groups is 4. The lowest BCUT2D eigenvalue weighted by molar-refractivity contribution is -0.143. The van der Waals surface area contributed by atoms with Crippen LogP contribution in [-0.4, -0.2) is 70.1 Å². The molecule has 0 spiro atoms. The highest BCUT2D eigenvalue weighted by molar-refractivity contribution is 7.98. The van der Waals surface area contributed by atoms with Gasteiger partial charge in [0.2, 0.25) is 17.7 Å². The second-order valence-corrected chi connectivity index (χ2v) is 10.7. The van der Waals surface area contributed by atoms with Gasteiger partial charge in [0.1, 0.15) is 23.9 Å². The number of amides is 3. The Hall–Kier alpha value is -2.79. The number of carboxylic acids is 1. The number of thioether (sulfide) groups is 1. The lowest BCUT2D eigenvalue weighted by atomic mass is 9.98. The van der Waals surface area contributed by atoms with Crippen molar-refractivity contribution in [2.75, 3.05) is 12.0 Å². The quantitative estimate of drug-likeness (QED) is 0.184. The van der Waals surface area contributed by atoms with Crippen molar-refractivity contribution in [3.63, 3.8) is 0 Å². The number of aliphatic carboxylic acids is 1. The number of nitrogens with two attached hydrogens (primary N) is 1. The Morgan fingerprint density at radius 2 is 1.51 bits per heavy atom. The normalized spacial score (nSPS) is 15.2. The van der Waals surface area contributed by atoms with Crippen molar-refractivity contribution in [1.29, 1.82) is 0 Å². The molecule has 1 aromatic rings. The minimum absolute atomic E-state index is 0.0656. The van der Waals surface area contributed by atoms with Gasteiger partial charge in [0.25, 0.3) is 0 Å². The van der Waals surface area contributed by atoms with E-state index >= 15 is 0 Å². The Kier molecular flexibility index (Phi) is 14.1. The molecule has 0 saturated carbocycles. The lowest BCUT2D eigenvalue weighted by Gasteiger charge is -2.26. The van der Waals surface area contributed by atoms with Crippen LogP contribution in [0.3, 0.4) is 0 Å². The summed E-state index contributed by atoms with van der Waals surface area (Å²) in [5.41, 5.74) is 6.70. The number of phenols is 1. The van der Waals surface area contributed by atoms with E-state index in [2.05, 4.69) is 16.0 Å². The molecule has 0 radical (unpaired) electrons. The predicted octanol–water partition coefficient (Wildman–Crippen LogP) is 1.65. The van der Waals surface area contributed by atoms with Gasteiger partial charge in [-0.15, -0.1) is 0 Å². The molecule has 37 heavy (non-hydrogen) atoms. The minimum Gasteiger partial charge on any atom is -0.508 e. The Labute approximate surface area is 223 Å². The van der Waals surface area contributed by atoms with E-state index in [1.54, 1.807) is 19.1 Å². The number of aromatic hydroxyl groups is 1. The molecule has 0 aliphatic rings. The molecular weight excluding hydrogens is 496 g/mol. The number of carbonyl (C=O) groups excluding carboxylic acids is 3. The third-order valence-electron chi connectivity index (χ3n) is 6.09. The fourth-order valence-electron chi connectivity index (χ4n) is 3.68. The maximum absolute atomic E-state index is 13.4. The van der Waals surface area contributed by atoms with Crippen LogP contribution in [0.4, 0.5) is 0 Å². The van der Waals surface area contributed by atoms with Gasteiger partial charge in [-0.1, -0.05) is 46.2 Å². The molecule has 5 atom stereocenters. The molecule has 0 aromatic heterocycles. The zero-order valence-corrected chi connectivity index (χ0v) is 23.1. The number of phenolic OH excluding ortho intramolecular Hbond substituents is 1. The van der Waals surface area contributed by atoms with E-state index < -0.39 is 47.9 Å². The summed E-state index contributed by atoms with van der Waals surface area (Å²) in [5, 5.41) is 27.1. The molecule has 11 heteroatoms. The maximum atomic E-state index is 13.4. The number of nitrogens with one attached hydrogen (secondary N) is 3. The second kappa shape index (κ2) is 16.1. The monoisotopic (exact) mass is 538 g/mol. The summed E-state index contributed by atoms with van der Waals surface area (Å²) in [6.07, 6.45) is 3.23. The average molecular weight is 539 g/mol. The zero-order valence-electron chi connectivity index (χ0n) is 22.3. The third kappa shape index (κ3) is 11.4. The Bertz CT molecular complexity index is 896. The van der Waals surface area contributed by atoms with Crippen molar-refractivity contribution < 1.29 is 29.4 Å². The number of benzene rings is 1. The predicted molar refractivity (Wildman–Crippen MR) is 145 cm³/mol. The van der Waals surface area contributed by atoms with E-state index in [4.69, 9.17) is 5.73 Å². The van der Waals surface area contributed by atoms with E-state index in [0.29, 0.717) is 24.2 Å². The molecule has 0 saturated heterocycles. The van der Waals surface area contributed by atoms with Crippen LogP contribution < -0.4 is 21.7 Å². The molecule has 7 N–H and O–H groups in total. The molecule has 3 amide bonds. The van der Waals surface area contributed by atoms with Gasteiger partial charge < -0.3 is 31.9 Å². The Morgan fingerprint density at radius 1 is 0.946 bits per heavy atom. The van der Waals surface area contributed by atoms with Gasteiger partial charge in [0, 0.05) is 6.42 Å². The highest BCUT2D eigenvalue weighted by Gasteiger charge is 2.32. The largest absolute Gasteiger partial charge is 0.508 e. The molecule has 10 nitrogen and oxygen atoms in total. The van der Waals surface area contributed by atoms with E-state index in [0.717, 1.165) is 0 Å². The van der Waals surface area contributed by atoms with Crippen LogP contribution in [-0.2, 0) is 25.6 Å². The lowest BCUT2D eigenvalue weighted by Crippen LogP contribution is -2.58. The van der Waals surface area contributed by atoms with Gasteiger partial charge in [-0.05, 0) is 54.4 Å². The van der Waals surface area contributed by atoms with Gasteiger partial charge in [-0.25, -0.2) is 4.79 Å². The summed E-state index contributed by atoms with van der Waals surface area (Å²) < 4.78 is 0. The van der Waals surface area contributed by atoms with Crippen LogP contribution >= 0.6 is 11.8 Å². The van der Waals surface area contributed by atoms with Crippen molar-refractivity contribution >= 4 is 35.5 Å². The standard InChI is InChI=1S/C26H42N4O6S/c1-6-16(4)22(26(35)36)30-24(33)20(11-12-37-5)28-25(34)21(14-17-7-9-18(31)10-8-17)29-23(32)19(27)13-15(2)3/h7-10,15-16,19-22,31H,6,11-14,27H2,1-5H3,(H,28,34)(H,29,32)(H,30,33)(H,35,36). The van der Waals surface area contributed by atoms with E-state index in [1.165, 1.54) is 23.9 Å². The first kappa shape index (κ1) is 32.2. The number of rotatable bonds is 16. The summed E-state index contributed by atoms with van der Waals surface area (Å²) >= 11 is 1.49. The first-order valence-corrected chi connectivity index (χ1v) is 13.9. The van der Waals surface area contributed by atoms with E-state index in [-0.39, 0.29) is 30.4 Å². The van der Waals surface area contributed by atoms with Crippen LogP contribution in [0.2, 0.25) is 0 Å². The van der Waals surface area contributed by atoms with Crippen LogP contribution in [0.1, 0.15) is 52.5 Å². The van der Waals surface area contributed by atoms with E-state index in [9.17, 15) is 29.4 Å². The Balaban J connectivity index is 3.13. The van der Waals surface area contributed by atoms with Gasteiger partial charge in [0.15, 0.2) is 0 Å². The molecule has 0 aliphatic carbocycles. The van der Waals surface area contributed by atoms with Gasteiger partial charge in [-0.2, -0.15) is 11.8 Å². The topological polar surface area (TPSA) is 171 Å². The van der Waals surface area contributed by atoms with Crippen molar-refractivity contribution in [2.24, 2.45) is 17.6 Å². The molecule has 1 rings (SSSR count). The summed E-state index contributed by atoms with van der Waals surface area (Å²) in [6, 6.07) is 2.30. The highest BCUT2D eigenvalue weighted by atomic mass is 32.2. The number of hydrogen-bond donors (Lipinski definition) is 6. The molecule has 0 heterocycles. The smallest absolute Gasteiger partial charge is 0.326 e. The SMILES string of the molecule is CCC(C)C(NC(=O)C(CCSC)NC(=O)C(Cc1ccc(O)cc1)NC(=O)C(N)CC(C)C)C(=O)O. The van der Waals surface area contributed by atoms with E-state index in [1.807, 2.05) is 27.0 Å². The van der Waals surface area contributed by atoms with Crippen molar-refractivity contribution in [1.82, 2.24) is 16.0 Å². The first-order valence-electron chi connectivity index (χ1n) is 12.6. The molecule has 0 fully saturated rings. The van der Waals surface area contributed by atoms with Crippen LogP contribution in [0, 0.1) is 11.8 Å². The second-order valence-electron chi connectivity index (χ2n) is 9.72. The average Bonchev–Trinajstić information content (AvgIpc) is 2.84. The summed E-state index contributed by atoms with van der Waals surface area (Å²) in [5.74, 6) is -2.32. The zero-order chi connectivity index (χ0) is 28.1. The molecule has 1 aromatic carbocycles. The third-order valence-corrected chi connectivity index (χ3v) is 6.74. The maximum Gasteiger partial charge on any atom is 0.326 e. The fraction of sp³-hybridized carbons (Fsp3) is 0.615. The van der Waals surface area contributed by atoms with Gasteiger partial charge in [-0.3, -0.25) is 14.4 Å². The summed E-state index contributed by atoms with van der Waals surface area (Å²) in [4.78, 5) is 50.9.